The van der Waals surface area contributed by atoms with Gasteiger partial charge in [0.2, 0.25) is 11.8 Å². The molecule has 3 aromatic heterocycles. The topological polar surface area (TPSA) is 153 Å². The van der Waals surface area contributed by atoms with E-state index in [0.717, 1.165) is 5.56 Å². The summed E-state index contributed by atoms with van der Waals surface area (Å²) in [6.45, 7) is -1.02. The predicted molar refractivity (Wildman–Crippen MR) is 139 cm³/mol. The van der Waals surface area contributed by atoms with Crippen molar-refractivity contribution in [1.82, 2.24) is 40.8 Å². The maximum absolute atomic E-state index is 13.0. The van der Waals surface area contributed by atoms with Crippen LogP contribution in [-0.2, 0) is 4.79 Å². The third-order valence-electron chi connectivity index (χ3n) is 5.72. The fraction of sp³-hybridized carbons (Fsp3) is 0.192. The van der Waals surface area contributed by atoms with E-state index in [0.29, 0.717) is 28.2 Å². The molecule has 14 heteroatoms. The predicted octanol–water partition coefficient (Wildman–Crippen LogP) is 3.34. The highest BCUT2D eigenvalue weighted by Gasteiger charge is 2.21. The number of fused-ring (bicyclic) bond motifs is 1. The molecule has 0 aliphatic carbocycles. The van der Waals surface area contributed by atoms with Crippen molar-refractivity contribution >= 4 is 28.6 Å². The number of amides is 2. The van der Waals surface area contributed by atoms with Crippen molar-refractivity contribution in [3.63, 3.8) is 0 Å². The number of hydrogen-bond acceptors (Lipinski definition) is 9. The van der Waals surface area contributed by atoms with E-state index in [1.54, 1.807) is 42.5 Å². The number of oxazole rings is 1. The zero-order valence-corrected chi connectivity index (χ0v) is 21.1. The Bertz CT molecular complexity index is 1640. The lowest BCUT2D eigenvalue weighted by Gasteiger charge is -2.16. The molecule has 1 atom stereocenters. The number of pyridine rings is 1. The number of anilines is 1. The van der Waals surface area contributed by atoms with Crippen LogP contribution in [0.3, 0.4) is 0 Å². The first-order chi connectivity index (χ1) is 19.4. The number of halogens is 2. The van der Waals surface area contributed by atoms with Crippen molar-refractivity contribution in [3.05, 3.63) is 83.9 Å². The lowest BCUT2D eigenvalue weighted by Crippen LogP contribution is -2.34. The largest absolute Gasteiger partial charge is 0.436 e. The normalized spacial score (nSPS) is 12.0. The third-order valence-corrected chi connectivity index (χ3v) is 5.72. The molecule has 2 aromatic carbocycles. The number of nitrogens with zero attached hydrogens (tertiary/aromatic N) is 6. The minimum Gasteiger partial charge on any atom is -0.436 e. The highest BCUT2D eigenvalue weighted by atomic mass is 19.3. The summed E-state index contributed by atoms with van der Waals surface area (Å²) < 4.78 is 31.7. The lowest BCUT2D eigenvalue weighted by molar-refractivity contribution is -0.114. The van der Waals surface area contributed by atoms with Crippen LogP contribution in [0.1, 0.15) is 41.4 Å². The Morgan fingerprint density at radius 3 is 2.62 bits per heavy atom. The Morgan fingerprint density at radius 2 is 1.88 bits per heavy atom. The van der Waals surface area contributed by atoms with Crippen molar-refractivity contribution < 1.29 is 22.8 Å². The summed E-state index contributed by atoms with van der Waals surface area (Å²) in [4.78, 5) is 33.0. The fourth-order valence-electron chi connectivity index (χ4n) is 3.94. The first kappa shape index (κ1) is 26.5. The number of benzene rings is 2. The number of rotatable bonds is 10. The van der Waals surface area contributed by atoms with E-state index in [1.807, 2.05) is 18.2 Å². The molecule has 12 nitrogen and oxygen atoms in total. The Morgan fingerprint density at radius 1 is 1.05 bits per heavy atom. The molecule has 0 saturated heterocycles. The van der Waals surface area contributed by atoms with Gasteiger partial charge in [0.1, 0.15) is 11.2 Å². The molecule has 0 aliphatic rings. The highest BCUT2D eigenvalue weighted by molar-refractivity contribution is 5.94. The van der Waals surface area contributed by atoms with Gasteiger partial charge in [-0.15, -0.1) is 10.2 Å². The molecule has 0 saturated carbocycles. The molecule has 2 amide bonds. The molecular formula is C26H23F2N9O3. The Balaban J connectivity index is 1.23. The summed E-state index contributed by atoms with van der Waals surface area (Å²) in [7, 11) is 0. The first-order valence-corrected chi connectivity index (χ1v) is 12.2. The Kier molecular flexibility index (Phi) is 7.77. The van der Waals surface area contributed by atoms with Crippen molar-refractivity contribution in [1.29, 1.82) is 0 Å². The summed E-state index contributed by atoms with van der Waals surface area (Å²) >= 11 is 0. The molecule has 3 N–H and O–H groups in total. The van der Waals surface area contributed by atoms with E-state index >= 15 is 0 Å². The van der Waals surface area contributed by atoms with Gasteiger partial charge in [-0.2, -0.15) is 8.78 Å². The molecule has 3 heterocycles. The molecule has 0 fully saturated rings. The molecule has 0 spiro atoms. The molecule has 40 heavy (non-hydrogen) atoms. The second-order valence-corrected chi connectivity index (χ2v) is 8.61. The van der Waals surface area contributed by atoms with Crippen molar-refractivity contribution in [2.75, 3.05) is 18.4 Å². The monoisotopic (exact) mass is 547 g/mol. The van der Waals surface area contributed by atoms with Gasteiger partial charge in [0.05, 0.1) is 6.04 Å². The molecule has 0 bridgehead atoms. The number of hydrogen-bond donors (Lipinski definition) is 3. The maximum atomic E-state index is 13.0. The number of carbonyl (C=O) groups excluding carboxylic acids is 2. The van der Waals surface area contributed by atoms with E-state index in [1.165, 1.54) is 13.1 Å². The van der Waals surface area contributed by atoms with Crippen molar-refractivity contribution in [2.24, 2.45) is 0 Å². The quantitative estimate of drug-likeness (QED) is 0.224. The van der Waals surface area contributed by atoms with Gasteiger partial charge in [-0.05, 0) is 41.1 Å². The zero-order chi connectivity index (χ0) is 28.1. The Hall–Kier alpha value is -5.11. The minimum atomic E-state index is -2.91. The minimum absolute atomic E-state index is 0.0784. The van der Waals surface area contributed by atoms with Crippen LogP contribution < -0.4 is 16.0 Å². The van der Waals surface area contributed by atoms with E-state index in [-0.39, 0.29) is 35.3 Å². The Labute approximate surface area is 225 Å². The van der Waals surface area contributed by atoms with E-state index in [2.05, 4.69) is 41.3 Å². The van der Waals surface area contributed by atoms with Crippen LogP contribution in [0.5, 0.6) is 0 Å². The third kappa shape index (κ3) is 6.13. The van der Waals surface area contributed by atoms with Gasteiger partial charge in [0.25, 0.3) is 5.91 Å². The second-order valence-electron chi connectivity index (χ2n) is 8.61. The van der Waals surface area contributed by atoms with Crippen molar-refractivity contribution in [3.8, 4) is 11.5 Å². The molecule has 0 radical (unpaired) electrons. The van der Waals surface area contributed by atoms with Crippen LogP contribution in [0.25, 0.3) is 22.6 Å². The van der Waals surface area contributed by atoms with Gasteiger partial charge in [-0.25, -0.2) is 4.98 Å². The van der Waals surface area contributed by atoms with Gasteiger partial charge < -0.3 is 20.4 Å². The van der Waals surface area contributed by atoms with Gasteiger partial charge in [-0.3, -0.25) is 14.6 Å². The summed E-state index contributed by atoms with van der Waals surface area (Å²) in [6, 6.07) is 16.8. The van der Waals surface area contributed by atoms with Crippen LogP contribution in [0, 0.1) is 0 Å². The van der Waals surface area contributed by atoms with Gasteiger partial charge >= 0.3 is 6.55 Å². The maximum Gasteiger partial charge on any atom is 0.350 e. The molecular weight excluding hydrogens is 524 g/mol. The second kappa shape index (κ2) is 11.7. The van der Waals surface area contributed by atoms with Gasteiger partial charge in [-0.1, -0.05) is 35.1 Å². The number of carbonyl (C=O) groups is 2. The molecule has 5 rings (SSSR count). The van der Waals surface area contributed by atoms with Gasteiger partial charge in [0, 0.05) is 37.5 Å². The summed E-state index contributed by atoms with van der Waals surface area (Å²) in [5.74, 6) is -0.251. The van der Waals surface area contributed by atoms with Gasteiger partial charge in [0.15, 0.2) is 11.4 Å². The summed E-state index contributed by atoms with van der Waals surface area (Å²) in [5, 5.41) is 19.6. The summed E-state index contributed by atoms with van der Waals surface area (Å²) in [5.41, 5.74) is 3.11. The summed E-state index contributed by atoms with van der Waals surface area (Å²) in [6.07, 6.45) is 1.48. The van der Waals surface area contributed by atoms with Crippen LogP contribution in [0.4, 0.5) is 14.5 Å². The average Bonchev–Trinajstić information content (AvgIpc) is 3.61. The molecule has 0 aliphatic heterocycles. The van der Waals surface area contributed by atoms with E-state index in [4.69, 9.17) is 4.42 Å². The fourth-order valence-corrected chi connectivity index (χ4v) is 3.94. The number of tetrazole rings is 1. The first-order valence-electron chi connectivity index (χ1n) is 12.2. The molecule has 0 unspecified atom stereocenters. The van der Waals surface area contributed by atoms with E-state index < -0.39 is 18.5 Å². The standard InChI is InChI=1S/C26H23F2N9O3/c1-15(38)32-18-7-8-21-19(14-18)33-25(40-21)17-9-10-29-20(13-17)24(39)31-12-11-30-22(16-5-3-2-4-6-16)23-34-36-37(35-23)26(27)28/h2-10,13-14,22,26,30H,11-12H2,1H3,(H,31,39)(H,32,38)/t22-/m1/s1. The van der Waals surface area contributed by atoms with Crippen LogP contribution in [-0.4, -0.2) is 55.1 Å². The van der Waals surface area contributed by atoms with Crippen molar-refractivity contribution in [2.45, 2.75) is 19.5 Å². The average molecular weight is 548 g/mol. The number of nitrogens with one attached hydrogen (secondary N) is 3. The van der Waals surface area contributed by atoms with Crippen LogP contribution in [0.2, 0.25) is 0 Å². The van der Waals surface area contributed by atoms with E-state index in [9.17, 15) is 18.4 Å². The number of aromatic nitrogens is 6. The smallest absolute Gasteiger partial charge is 0.350 e. The molecule has 204 valence electrons. The molecule has 5 aromatic rings. The zero-order valence-electron chi connectivity index (χ0n) is 21.1. The SMILES string of the molecule is CC(=O)Nc1ccc2oc(-c3ccnc(C(=O)NCCN[C@H](c4ccccc4)c4nnn(C(F)F)n4)c3)nc2c1. The van der Waals surface area contributed by atoms with Crippen LogP contribution >= 0.6 is 0 Å². The highest BCUT2D eigenvalue weighted by Crippen LogP contribution is 2.26. The van der Waals surface area contributed by atoms with Crippen LogP contribution in [0.15, 0.2) is 71.3 Å². The lowest BCUT2D eigenvalue weighted by atomic mass is 10.1. The number of alkyl halides is 2.